The topological polar surface area (TPSA) is 24.4 Å². The second-order valence-electron chi connectivity index (χ2n) is 2.78. The summed E-state index contributed by atoms with van der Waals surface area (Å²) in [6.45, 7) is 0. The van der Waals surface area contributed by atoms with E-state index < -0.39 is 0 Å². The molecule has 1 aromatic rings. The molecule has 1 atom stereocenters. The zero-order chi connectivity index (χ0) is 8.39. The summed E-state index contributed by atoms with van der Waals surface area (Å²) >= 11 is 5.77. The number of nitrogens with zero attached hydrogens (tertiary/aromatic N) is 1. The van der Waals surface area contributed by atoms with Gasteiger partial charge >= 0.3 is 0 Å². The molecule has 1 aromatic carbocycles. The van der Waals surface area contributed by atoms with Crippen LogP contribution in [0.15, 0.2) is 29.4 Å². The Morgan fingerprint density at radius 3 is 2.67 bits per heavy atom. The fourth-order valence-electron chi connectivity index (χ4n) is 1.26. The third kappa shape index (κ3) is 1.43. The van der Waals surface area contributed by atoms with E-state index >= 15 is 0 Å². The van der Waals surface area contributed by atoms with Crippen LogP contribution >= 0.6 is 11.6 Å². The van der Waals surface area contributed by atoms with E-state index in [1.54, 1.807) is 0 Å². The van der Waals surface area contributed by atoms with Gasteiger partial charge < -0.3 is 5.43 Å². The minimum Gasteiger partial charge on any atom is -0.303 e. The predicted molar refractivity (Wildman–Crippen MR) is 50.4 cm³/mol. The molecule has 0 saturated carbocycles. The Balaban J connectivity index is 2.18. The highest BCUT2D eigenvalue weighted by Crippen LogP contribution is 2.20. The Bertz CT molecular complexity index is 284. The first-order valence-electron chi connectivity index (χ1n) is 3.89. The average molecular weight is 181 g/mol. The van der Waals surface area contributed by atoms with Crippen molar-refractivity contribution in [1.82, 2.24) is 5.43 Å². The summed E-state index contributed by atoms with van der Waals surface area (Å²) < 4.78 is 0. The summed E-state index contributed by atoms with van der Waals surface area (Å²) in [6, 6.07) is 8.18. The summed E-state index contributed by atoms with van der Waals surface area (Å²) in [5.74, 6) is 0. The fourth-order valence-corrected chi connectivity index (χ4v) is 1.39. The molecule has 0 bridgehead atoms. The highest BCUT2D eigenvalue weighted by molar-refractivity contribution is 6.30. The van der Waals surface area contributed by atoms with Gasteiger partial charge in [0.25, 0.3) is 0 Å². The van der Waals surface area contributed by atoms with Crippen molar-refractivity contribution >= 4 is 17.8 Å². The molecule has 0 aliphatic carbocycles. The Morgan fingerprint density at radius 2 is 2.08 bits per heavy atom. The number of rotatable bonds is 1. The van der Waals surface area contributed by atoms with Crippen molar-refractivity contribution in [3.8, 4) is 0 Å². The standard InChI is InChI=1S/C9H9ClN2/c10-8-3-1-7(2-4-8)9-5-6-11-12-9/h1-4,6,9,12H,5H2/t9-/m0/s1. The van der Waals surface area contributed by atoms with Crippen molar-refractivity contribution in [3.05, 3.63) is 34.9 Å². The molecule has 0 radical (unpaired) electrons. The third-order valence-electron chi connectivity index (χ3n) is 1.94. The number of hydrazone groups is 1. The van der Waals surface area contributed by atoms with E-state index in [2.05, 4.69) is 10.5 Å². The fraction of sp³-hybridized carbons (Fsp3) is 0.222. The van der Waals surface area contributed by atoms with Crippen LogP contribution in [0, 0.1) is 0 Å². The van der Waals surface area contributed by atoms with Gasteiger partial charge in [0.2, 0.25) is 0 Å². The monoisotopic (exact) mass is 180 g/mol. The molecule has 0 amide bonds. The molecule has 2 rings (SSSR count). The molecule has 0 aromatic heterocycles. The van der Waals surface area contributed by atoms with E-state index in [4.69, 9.17) is 11.6 Å². The molecular weight excluding hydrogens is 172 g/mol. The van der Waals surface area contributed by atoms with Crippen LogP contribution in [0.1, 0.15) is 18.0 Å². The number of nitrogens with one attached hydrogen (secondary N) is 1. The lowest BCUT2D eigenvalue weighted by Crippen LogP contribution is -2.08. The van der Waals surface area contributed by atoms with E-state index in [1.165, 1.54) is 5.56 Å². The lowest BCUT2D eigenvalue weighted by molar-refractivity contribution is 0.620. The lowest BCUT2D eigenvalue weighted by atomic mass is 10.1. The molecule has 0 spiro atoms. The first-order valence-corrected chi connectivity index (χ1v) is 4.26. The number of hydrogen-bond acceptors (Lipinski definition) is 2. The van der Waals surface area contributed by atoms with Crippen LogP contribution in [0.25, 0.3) is 0 Å². The van der Waals surface area contributed by atoms with Gasteiger partial charge in [-0.25, -0.2) is 0 Å². The van der Waals surface area contributed by atoms with Gasteiger partial charge in [0.15, 0.2) is 0 Å². The lowest BCUT2D eigenvalue weighted by Gasteiger charge is -2.08. The van der Waals surface area contributed by atoms with Crippen LogP contribution in [-0.2, 0) is 0 Å². The van der Waals surface area contributed by atoms with Gasteiger partial charge in [0, 0.05) is 17.7 Å². The van der Waals surface area contributed by atoms with Crippen molar-refractivity contribution < 1.29 is 0 Å². The van der Waals surface area contributed by atoms with Crippen LogP contribution in [0.4, 0.5) is 0 Å². The Kier molecular flexibility index (Phi) is 2.00. The second-order valence-corrected chi connectivity index (χ2v) is 3.22. The summed E-state index contributed by atoms with van der Waals surface area (Å²) in [4.78, 5) is 0. The zero-order valence-corrected chi connectivity index (χ0v) is 7.25. The van der Waals surface area contributed by atoms with Crippen LogP contribution < -0.4 is 5.43 Å². The van der Waals surface area contributed by atoms with E-state index in [0.717, 1.165) is 11.4 Å². The van der Waals surface area contributed by atoms with Crippen molar-refractivity contribution in [2.75, 3.05) is 0 Å². The maximum Gasteiger partial charge on any atom is 0.0739 e. The summed E-state index contributed by atoms with van der Waals surface area (Å²) in [7, 11) is 0. The molecule has 0 fully saturated rings. The molecule has 1 heterocycles. The second kappa shape index (κ2) is 3.15. The molecular formula is C9H9ClN2. The molecule has 12 heavy (non-hydrogen) atoms. The quantitative estimate of drug-likeness (QED) is 0.705. The molecule has 3 heteroatoms. The minimum absolute atomic E-state index is 0.335. The SMILES string of the molecule is Clc1ccc([C@@H]2CC=NN2)cc1. The van der Waals surface area contributed by atoms with Crippen LogP contribution in [0.2, 0.25) is 5.02 Å². The molecule has 0 unspecified atom stereocenters. The van der Waals surface area contributed by atoms with Gasteiger partial charge in [-0.2, -0.15) is 5.10 Å². The van der Waals surface area contributed by atoms with Crippen molar-refractivity contribution in [2.24, 2.45) is 5.10 Å². The normalized spacial score (nSPS) is 20.9. The summed E-state index contributed by atoms with van der Waals surface area (Å²) in [5, 5.41) is 4.73. The van der Waals surface area contributed by atoms with Crippen LogP contribution in [0.5, 0.6) is 0 Å². The third-order valence-corrected chi connectivity index (χ3v) is 2.19. The predicted octanol–water partition coefficient (Wildman–Crippen LogP) is 2.36. The van der Waals surface area contributed by atoms with Gasteiger partial charge in [0.1, 0.15) is 0 Å². The Labute approximate surface area is 76.2 Å². The highest BCUT2D eigenvalue weighted by atomic mass is 35.5. The van der Waals surface area contributed by atoms with Gasteiger partial charge in [0.05, 0.1) is 6.04 Å². The average Bonchev–Trinajstić information content (AvgIpc) is 2.58. The first kappa shape index (κ1) is 7.62. The Hall–Kier alpha value is -1.02. The largest absolute Gasteiger partial charge is 0.303 e. The maximum absolute atomic E-state index is 5.77. The maximum atomic E-state index is 5.77. The number of benzene rings is 1. The molecule has 1 N–H and O–H groups in total. The highest BCUT2D eigenvalue weighted by Gasteiger charge is 2.11. The van der Waals surface area contributed by atoms with Crippen molar-refractivity contribution in [2.45, 2.75) is 12.5 Å². The molecule has 1 aliphatic rings. The van der Waals surface area contributed by atoms with Crippen molar-refractivity contribution in [3.63, 3.8) is 0 Å². The van der Waals surface area contributed by atoms with Gasteiger partial charge in [-0.15, -0.1) is 0 Å². The smallest absolute Gasteiger partial charge is 0.0739 e. The van der Waals surface area contributed by atoms with Crippen molar-refractivity contribution in [1.29, 1.82) is 0 Å². The molecule has 2 nitrogen and oxygen atoms in total. The minimum atomic E-state index is 0.335. The summed E-state index contributed by atoms with van der Waals surface area (Å²) in [5.41, 5.74) is 4.25. The Morgan fingerprint density at radius 1 is 1.33 bits per heavy atom. The number of hydrogen-bond donors (Lipinski definition) is 1. The van der Waals surface area contributed by atoms with E-state index in [-0.39, 0.29) is 0 Å². The zero-order valence-electron chi connectivity index (χ0n) is 6.50. The van der Waals surface area contributed by atoms with E-state index in [9.17, 15) is 0 Å². The molecule has 1 aliphatic heterocycles. The van der Waals surface area contributed by atoms with Crippen LogP contribution in [-0.4, -0.2) is 6.21 Å². The number of halogens is 1. The first-order chi connectivity index (χ1) is 5.86. The van der Waals surface area contributed by atoms with E-state index in [1.807, 2.05) is 30.5 Å². The molecule has 0 saturated heterocycles. The van der Waals surface area contributed by atoms with E-state index in [0.29, 0.717) is 6.04 Å². The van der Waals surface area contributed by atoms with Gasteiger partial charge in [-0.3, -0.25) is 0 Å². The van der Waals surface area contributed by atoms with Gasteiger partial charge in [-0.05, 0) is 17.7 Å². The van der Waals surface area contributed by atoms with Gasteiger partial charge in [-0.1, -0.05) is 23.7 Å². The van der Waals surface area contributed by atoms with Crippen LogP contribution in [0.3, 0.4) is 0 Å². The molecule has 62 valence electrons. The summed E-state index contributed by atoms with van der Waals surface area (Å²) in [6.07, 6.45) is 2.85.